The van der Waals surface area contributed by atoms with Crippen LogP contribution in [0.25, 0.3) is 10.7 Å². The van der Waals surface area contributed by atoms with E-state index in [1.165, 1.54) is 24.5 Å². The molecule has 0 radical (unpaired) electrons. The van der Waals surface area contributed by atoms with E-state index in [1.54, 1.807) is 6.92 Å². The Labute approximate surface area is 141 Å². The molecule has 2 heterocycles. The molecule has 0 aliphatic carbocycles. The van der Waals surface area contributed by atoms with Crippen LogP contribution in [0.15, 0.2) is 34.2 Å². The molecule has 6 nitrogen and oxygen atoms in total. The van der Waals surface area contributed by atoms with E-state index in [-0.39, 0.29) is 12.1 Å². The number of aromatic nitrogens is 2. The lowest BCUT2D eigenvalue weighted by Crippen LogP contribution is -2.07. The van der Waals surface area contributed by atoms with Gasteiger partial charge in [0.05, 0.1) is 24.1 Å². The van der Waals surface area contributed by atoms with Crippen LogP contribution in [0.2, 0.25) is 0 Å². The Hall–Kier alpha value is -2.74. The minimum absolute atomic E-state index is 0.132. The molecule has 24 heavy (non-hydrogen) atoms. The Morgan fingerprint density at radius 3 is 3.00 bits per heavy atom. The summed E-state index contributed by atoms with van der Waals surface area (Å²) in [5.74, 6) is -0.227. The molecule has 0 spiro atoms. The third kappa shape index (κ3) is 3.28. The van der Waals surface area contributed by atoms with Gasteiger partial charge in [-0.2, -0.15) is 4.98 Å². The van der Waals surface area contributed by atoms with Gasteiger partial charge in [0.2, 0.25) is 11.7 Å². The normalized spacial score (nSPS) is 10.6. The van der Waals surface area contributed by atoms with E-state index in [2.05, 4.69) is 20.2 Å². The number of thiophene rings is 1. The standard InChI is InChI=1S/C16H14FN3O3S/c1-9-11(17)6-10(16(21)22-2)7-12(9)18-8-14-19-15(20-23-14)13-4-3-5-24-13/h3-7,18H,8H2,1-2H3. The van der Waals surface area contributed by atoms with Gasteiger partial charge in [0.15, 0.2) is 0 Å². The molecule has 0 saturated heterocycles. The molecule has 0 amide bonds. The number of rotatable bonds is 5. The number of nitrogens with zero attached hydrogens (tertiary/aromatic N) is 2. The minimum atomic E-state index is -0.602. The molecule has 0 fully saturated rings. The number of ether oxygens (including phenoxy) is 1. The van der Waals surface area contributed by atoms with Gasteiger partial charge in [-0.1, -0.05) is 11.2 Å². The molecule has 0 aliphatic rings. The van der Waals surface area contributed by atoms with E-state index in [0.717, 1.165) is 10.9 Å². The molecule has 1 N–H and O–H groups in total. The van der Waals surface area contributed by atoms with Gasteiger partial charge in [-0.15, -0.1) is 11.3 Å². The average Bonchev–Trinajstić information content (AvgIpc) is 3.26. The fourth-order valence-electron chi connectivity index (χ4n) is 2.10. The number of hydrogen-bond acceptors (Lipinski definition) is 7. The lowest BCUT2D eigenvalue weighted by atomic mass is 10.1. The third-order valence-corrected chi connectivity index (χ3v) is 4.27. The minimum Gasteiger partial charge on any atom is -0.465 e. The third-order valence-electron chi connectivity index (χ3n) is 3.41. The highest BCUT2D eigenvalue weighted by Crippen LogP contribution is 2.23. The highest BCUT2D eigenvalue weighted by atomic mass is 32.1. The maximum Gasteiger partial charge on any atom is 0.338 e. The van der Waals surface area contributed by atoms with E-state index in [1.807, 2.05) is 17.5 Å². The summed E-state index contributed by atoms with van der Waals surface area (Å²) in [6, 6.07) is 6.47. The zero-order chi connectivity index (χ0) is 17.1. The monoisotopic (exact) mass is 347 g/mol. The van der Waals surface area contributed by atoms with Crippen molar-refractivity contribution in [2.24, 2.45) is 0 Å². The second kappa shape index (κ2) is 6.79. The predicted octanol–water partition coefficient (Wildman–Crippen LogP) is 3.64. The first kappa shape index (κ1) is 16.1. The molecule has 0 atom stereocenters. The summed E-state index contributed by atoms with van der Waals surface area (Å²) >= 11 is 1.51. The number of halogens is 1. The molecule has 3 rings (SSSR count). The van der Waals surface area contributed by atoms with E-state index in [4.69, 9.17) is 4.52 Å². The Balaban J connectivity index is 1.77. The predicted molar refractivity (Wildman–Crippen MR) is 87.4 cm³/mol. The van der Waals surface area contributed by atoms with Crippen LogP contribution in [0.4, 0.5) is 10.1 Å². The molecule has 124 valence electrons. The van der Waals surface area contributed by atoms with Crippen molar-refractivity contribution in [3.63, 3.8) is 0 Å². The van der Waals surface area contributed by atoms with Gasteiger partial charge >= 0.3 is 5.97 Å². The largest absolute Gasteiger partial charge is 0.465 e. The van der Waals surface area contributed by atoms with Crippen molar-refractivity contribution in [1.82, 2.24) is 10.1 Å². The fraction of sp³-hybridized carbons (Fsp3) is 0.188. The fourth-order valence-corrected chi connectivity index (χ4v) is 2.75. The van der Waals surface area contributed by atoms with Crippen LogP contribution in [0.5, 0.6) is 0 Å². The zero-order valence-corrected chi connectivity index (χ0v) is 13.8. The first-order valence-corrected chi connectivity index (χ1v) is 7.95. The topological polar surface area (TPSA) is 77.2 Å². The summed E-state index contributed by atoms with van der Waals surface area (Å²) in [7, 11) is 1.25. The smallest absolute Gasteiger partial charge is 0.338 e. The van der Waals surface area contributed by atoms with Gasteiger partial charge in [0.25, 0.3) is 0 Å². The van der Waals surface area contributed by atoms with E-state index in [9.17, 15) is 9.18 Å². The highest BCUT2D eigenvalue weighted by Gasteiger charge is 2.14. The number of carbonyl (C=O) groups is 1. The maximum absolute atomic E-state index is 14.0. The van der Waals surface area contributed by atoms with Crippen LogP contribution in [0.1, 0.15) is 21.8 Å². The average molecular weight is 347 g/mol. The summed E-state index contributed by atoms with van der Waals surface area (Å²) < 4.78 is 23.8. The molecule has 1 aromatic carbocycles. The number of benzene rings is 1. The van der Waals surface area contributed by atoms with E-state index in [0.29, 0.717) is 23.0 Å². The van der Waals surface area contributed by atoms with Gasteiger partial charge in [0, 0.05) is 11.3 Å². The quantitative estimate of drug-likeness (QED) is 0.710. The Morgan fingerprint density at radius 1 is 1.46 bits per heavy atom. The van der Waals surface area contributed by atoms with Gasteiger partial charge < -0.3 is 14.6 Å². The Morgan fingerprint density at radius 2 is 2.29 bits per heavy atom. The highest BCUT2D eigenvalue weighted by molar-refractivity contribution is 7.13. The van der Waals surface area contributed by atoms with E-state index < -0.39 is 11.8 Å². The number of hydrogen-bond donors (Lipinski definition) is 1. The lowest BCUT2D eigenvalue weighted by Gasteiger charge is -2.10. The molecule has 2 aromatic heterocycles. The number of nitrogens with one attached hydrogen (secondary N) is 1. The molecule has 0 aliphatic heterocycles. The number of esters is 1. The molecule has 0 saturated carbocycles. The van der Waals surface area contributed by atoms with Crippen LogP contribution in [0.3, 0.4) is 0 Å². The molecule has 3 aromatic rings. The van der Waals surface area contributed by atoms with Crippen molar-refractivity contribution in [3.05, 3.63) is 52.5 Å². The van der Waals surface area contributed by atoms with Crippen LogP contribution < -0.4 is 5.32 Å². The molecular formula is C16H14FN3O3S. The molecular weight excluding hydrogens is 333 g/mol. The number of anilines is 1. The van der Waals surface area contributed by atoms with Crippen LogP contribution in [-0.2, 0) is 11.3 Å². The van der Waals surface area contributed by atoms with Crippen LogP contribution >= 0.6 is 11.3 Å². The van der Waals surface area contributed by atoms with E-state index >= 15 is 0 Å². The lowest BCUT2D eigenvalue weighted by molar-refractivity contribution is 0.0600. The summed E-state index contributed by atoms with van der Waals surface area (Å²) in [6.07, 6.45) is 0. The summed E-state index contributed by atoms with van der Waals surface area (Å²) in [6.45, 7) is 1.83. The molecule has 0 bridgehead atoms. The van der Waals surface area contributed by atoms with Crippen molar-refractivity contribution in [2.75, 3.05) is 12.4 Å². The first-order chi connectivity index (χ1) is 11.6. The second-order valence-electron chi connectivity index (χ2n) is 4.96. The Bertz CT molecular complexity index is 862. The van der Waals surface area contributed by atoms with Crippen molar-refractivity contribution in [3.8, 4) is 10.7 Å². The van der Waals surface area contributed by atoms with Crippen molar-refractivity contribution < 1.29 is 18.4 Å². The number of methoxy groups -OCH3 is 1. The van der Waals surface area contributed by atoms with Crippen LogP contribution in [0, 0.1) is 12.7 Å². The van der Waals surface area contributed by atoms with Gasteiger partial charge in [-0.25, -0.2) is 9.18 Å². The molecule has 0 unspecified atom stereocenters. The first-order valence-electron chi connectivity index (χ1n) is 7.07. The van der Waals surface area contributed by atoms with Gasteiger partial charge in [-0.05, 0) is 30.5 Å². The van der Waals surface area contributed by atoms with Gasteiger partial charge in [-0.3, -0.25) is 0 Å². The second-order valence-corrected chi connectivity index (χ2v) is 5.91. The van der Waals surface area contributed by atoms with Crippen molar-refractivity contribution in [2.45, 2.75) is 13.5 Å². The summed E-state index contributed by atoms with van der Waals surface area (Å²) in [4.78, 5) is 16.8. The Kier molecular flexibility index (Phi) is 4.57. The van der Waals surface area contributed by atoms with Crippen molar-refractivity contribution in [1.29, 1.82) is 0 Å². The zero-order valence-electron chi connectivity index (χ0n) is 13.0. The molecule has 8 heteroatoms. The van der Waals surface area contributed by atoms with Gasteiger partial charge in [0.1, 0.15) is 5.82 Å². The SMILES string of the molecule is COC(=O)c1cc(F)c(C)c(NCc2nc(-c3cccs3)no2)c1. The summed E-state index contributed by atoms with van der Waals surface area (Å²) in [5, 5.41) is 8.84. The maximum atomic E-state index is 14.0. The van der Waals surface area contributed by atoms with Crippen molar-refractivity contribution >= 4 is 23.0 Å². The summed E-state index contributed by atoms with van der Waals surface area (Å²) in [5.41, 5.74) is 0.986. The number of carbonyl (C=O) groups excluding carboxylic acids is 1. The van der Waals surface area contributed by atoms with Crippen LogP contribution in [-0.4, -0.2) is 23.2 Å².